The third-order valence-corrected chi connectivity index (χ3v) is 5.45. The van der Waals surface area contributed by atoms with Gasteiger partial charge in [-0.25, -0.2) is 9.79 Å². The van der Waals surface area contributed by atoms with E-state index < -0.39 is 35.2 Å². The Kier molecular flexibility index (Phi) is 5.56. The minimum atomic E-state index is -2.42. The number of amides is 2. The minimum absolute atomic E-state index is 0.00327. The summed E-state index contributed by atoms with van der Waals surface area (Å²) in [6.07, 6.45) is 1.79. The Labute approximate surface area is 177 Å². The average molecular weight is 422 g/mol. The lowest BCUT2D eigenvalue weighted by Crippen LogP contribution is -2.62. The Morgan fingerprint density at radius 1 is 1.13 bits per heavy atom. The molecular formula is C23H22N2O6. The fourth-order valence-corrected chi connectivity index (χ4v) is 3.49. The molecule has 1 fully saturated rings. The van der Waals surface area contributed by atoms with Crippen molar-refractivity contribution in [2.75, 3.05) is 6.61 Å². The number of hydrogen-bond acceptors (Lipinski definition) is 5. The highest BCUT2D eigenvalue weighted by molar-refractivity contribution is 6.17. The summed E-state index contributed by atoms with van der Waals surface area (Å²) < 4.78 is 5.73. The number of aliphatic hydroxyl groups is 1. The molecule has 31 heavy (non-hydrogen) atoms. The molecule has 4 rings (SSSR count). The molecule has 0 bridgehead atoms. The van der Waals surface area contributed by atoms with E-state index in [4.69, 9.17) is 4.74 Å². The van der Waals surface area contributed by atoms with Gasteiger partial charge in [0.05, 0.1) is 12.0 Å². The standard InChI is InChI=1S/C23H22N2O6/c26-19-16-8-4-5-9-17(16)24-21(29)23(19,31-13-15-10-11-15)22(30)25-18(20(27)28)12-14-6-2-1-3-7-14/h1-9,15,18,26H,10-13H2,(H,25,30)(H,27,28)/t18?,23-/m1/s1. The maximum atomic E-state index is 13.3. The molecule has 1 aliphatic carbocycles. The van der Waals surface area contributed by atoms with Gasteiger partial charge in [0.15, 0.2) is 5.76 Å². The highest BCUT2D eigenvalue weighted by atomic mass is 16.5. The molecule has 0 saturated heterocycles. The summed E-state index contributed by atoms with van der Waals surface area (Å²) in [5.41, 5.74) is -1.72. The first-order valence-electron chi connectivity index (χ1n) is 10.1. The van der Waals surface area contributed by atoms with Gasteiger partial charge in [-0.15, -0.1) is 0 Å². The topological polar surface area (TPSA) is 125 Å². The number of carboxylic acid groups (broad SMARTS) is 1. The van der Waals surface area contributed by atoms with Crippen molar-refractivity contribution in [3.63, 3.8) is 0 Å². The summed E-state index contributed by atoms with van der Waals surface area (Å²) in [4.78, 5) is 42.1. The number of hydrogen-bond donors (Lipinski definition) is 3. The Morgan fingerprint density at radius 2 is 1.81 bits per heavy atom. The van der Waals surface area contributed by atoms with Crippen LogP contribution in [0.3, 0.4) is 0 Å². The fraction of sp³-hybridized carbons (Fsp3) is 0.304. The minimum Gasteiger partial charge on any atom is -0.507 e. The van der Waals surface area contributed by atoms with Gasteiger partial charge in [-0.05, 0) is 36.5 Å². The Morgan fingerprint density at radius 3 is 2.48 bits per heavy atom. The van der Waals surface area contributed by atoms with Gasteiger partial charge in [-0.1, -0.05) is 42.5 Å². The number of nitrogens with one attached hydrogen (secondary N) is 1. The lowest BCUT2D eigenvalue weighted by atomic mass is 9.93. The van der Waals surface area contributed by atoms with Crippen LogP contribution in [0.5, 0.6) is 0 Å². The summed E-state index contributed by atoms with van der Waals surface area (Å²) in [5, 5.41) is 23.4. The number of carboxylic acids is 1. The van der Waals surface area contributed by atoms with Gasteiger partial charge in [0.2, 0.25) is 0 Å². The predicted octanol–water partition coefficient (Wildman–Crippen LogP) is 0.490. The molecule has 0 aromatic heterocycles. The van der Waals surface area contributed by atoms with Crippen LogP contribution in [0, 0.1) is 5.92 Å². The van der Waals surface area contributed by atoms with E-state index in [2.05, 4.69) is 10.3 Å². The second-order valence-electron chi connectivity index (χ2n) is 7.77. The van der Waals surface area contributed by atoms with E-state index in [1.807, 2.05) is 0 Å². The molecule has 1 aliphatic heterocycles. The van der Waals surface area contributed by atoms with Crippen LogP contribution in [0.2, 0.25) is 0 Å². The van der Waals surface area contributed by atoms with Crippen molar-refractivity contribution in [2.24, 2.45) is 10.9 Å². The zero-order valence-electron chi connectivity index (χ0n) is 16.7. The molecule has 2 aromatic rings. The Balaban J connectivity index is 1.70. The molecule has 1 unspecified atom stereocenters. The van der Waals surface area contributed by atoms with Gasteiger partial charge in [-0.2, -0.15) is 0 Å². The quantitative estimate of drug-likeness (QED) is 0.532. The molecule has 1 saturated carbocycles. The van der Waals surface area contributed by atoms with Crippen LogP contribution < -0.4 is 15.9 Å². The number of aliphatic carboxylic acids is 1. The molecule has 0 radical (unpaired) electrons. The molecule has 160 valence electrons. The van der Waals surface area contributed by atoms with Crippen molar-refractivity contribution in [2.45, 2.75) is 30.9 Å². The monoisotopic (exact) mass is 422 g/mol. The number of rotatable bonds is 8. The molecule has 2 aliphatic rings. The van der Waals surface area contributed by atoms with Crippen LogP contribution in [0.25, 0.3) is 5.76 Å². The lowest BCUT2D eigenvalue weighted by Gasteiger charge is -2.31. The Hall–Kier alpha value is -3.52. The zero-order valence-corrected chi connectivity index (χ0v) is 16.7. The van der Waals surface area contributed by atoms with Crippen molar-refractivity contribution in [3.8, 4) is 0 Å². The van der Waals surface area contributed by atoms with E-state index in [0.29, 0.717) is 5.56 Å². The SMILES string of the molecule is O=C(O)C(Cc1ccccc1)NC(=O)[C@]1(OCC2CC2)C(=O)N=c2ccccc2=C1O. The molecule has 8 nitrogen and oxygen atoms in total. The number of benzene rings is 2. The summed E-state index contributed by atoms with van der Waals surface area (Å²) >= 11 is 0. The van der Waals surface area contributed by atoms with Crippen molar-refractivity contribution in [1.82, 2.24) is 5.32 Å². The van der Waals surface area contributed by atoms with Crippen LogP contribution in [0.1, 0.15) is 18.4 Å². The maximum absolute atomic E-state index is 13.3. The van der Waals surface area contributed by atoms with Crippen LogP contribution >= 0.6 is 0 Å². The Bertz CT molecular complexity index is 1140. The van der Waals surface area contributed by atoms with Gasteiger partial charge in [-0.3, -0.25) is 9.59 Å². The van der Waals surface area contributed by atoms with Crippen molar-refractivity contribution in [3.05, 3.63) is 70.7 Å². The molecule has 0 spiro atoms. The summed E-state index contributed by atoms with van der Waals surface area (Å²) in [7, 11) is 0. The molecule has 2 atom stereocenters. The second-order valence-corrected chi connectivity index (χ2v) is 7.77. The molecule has 2 aromatic carbocycles. The van der Waals surface area contributed by atoms with Gasteiger partial charge >= 0.3 is 5.97 Å². The largest absolute Gasteiger partial charge is 0.507 e. The summed E-state index contributed by atoms with van der Waals surface area (Å²) in [6.45, 7) is 0.0807. The number of nitrogens with zero attached hydrogens (tertiary/aromatic N) is 1. The van der Waals surface area contributed by atoms with Crippen LogP contribution in [0.4, 0.5) is 0 Å². The first kappa shape index (κ1) is 20.7. The number of para-hydroxylation sites is 1. The third-order valence-electron chi connectivity index (χ3n) is 5.45. The molecular weight excluding hydrogens is 400 g/mol. The first-order chi connectivity index (χ1) is 14.9. The number of aliphatic hydroxyl groups excluding tert-OH is 1. The van der Waals surface area contributed by atoms with E-state index in [9.17, 15) is 24.6 Å². The summed E-state index contributed by atoms with van der Waals surface area (Å²) in [5.74, 6) is -3.69. The van der Waals surface area contributed by atoms with Gasteiger partial charge < -0.3 is 20.3 Å². The van der Waals surface area contributed by atoms with E-state index in [-0.39, 0.29) is 29.5 Å². The van der Waals surface area contributed by atoms with Crippen LogP contribution in [0.15, 0.2) is 59.6 Å². The number of fused-ring (bicyclic) bond motifs is 1. The fourth-order valence-electron chi connectivity index (χ4n) is 3.49. The molecule has 3 N–H and O–H groups in total. The van der Waals surface area contributed by atoms with Gasteiger partial charge in [0, 0.05) is 11.6 Å². The van der Waals surface area contributed by atoms with Gasteiger partial charge in [0.1, 0.15) is 6.04 Å². The average Bonchev–Trinajstić information content (AvgIpc) is 3.58. The van der Waals surface area contributed by atoms with Crippen LogP contribution in [-0.4, -0.2) is 46.2 Å². The number of ether oxygens (including phenoxy) is 1. The van der Waals surface area contributed by atoms with E-state index >= 15 is 0 Å². The highest BCUT2D eigenvalue weighted by Crippen LogP contribution is 2.33. The van der Waals surface area contributed by atoms with E-state index in [0.717, 1.165) is 12.8 Å². The van der Waals surface area contributed by atoms with E-state index in [1.54, 1.807) is 48.5 Å². The van der Waals surface area contributed by atoms with E-state index in [1.165, 1.54) is 6.07 Å². The molecule has 8 heteroatoms. The zero-order chi connectivity index (χ0) is 22.0. The maximum Gasteiger partial charge on any atom is 0.326 e. The number of carbonyl (C=O) groups is 3. The third kappa shape index (κ3) is 4.06. The molecule has 1 heterocycles. The summed E-state index contributed by atoms with van der Waals surface area (Å²) in [6, 6.07) is 13.8. The normalized spacial score (nSPS) is 21.0. The van der Waals surface area contributed by atoms with Crippen molar-refractivity contribution < 1.29 is 29.3 Å². The van der Waals surface area contributed by atoms with Gasteiger partial charge in [0.25, 0.3) is 17.4 Å². The molecule has 2 amide bonds. The first-order valence-corrected chi connectivity index (χ1v) is 10.1. The van der Waals surface area contributed by atoms with Crippen LogP contribution in [-0.2, 0) is 25.5 Å². The van der Waals surface area contributed by atoms with Crippen molar-refractivity contribution in [1.29, 1.82) is 0 Å². The predicted molar refractivity (Wildman–Crippen MR) is 109 cm³/mol. The highest BCUT2D eigenvalue weighted by Gasteiger charge is 2.54. The van der Waals surface area contributed by atoms with Crippen molar-refractivity contribution >= 4 is 23.5 Å². The lowest BCUT2D eigenvalue weighted by molar-refractivity contribution is -0.157. The number of carbonyl (C=O) groups excluding carboxylic acids is 2. The second kappa shape index (κ2) is 8.31. The smallest absolute Gasteiger partial charge is 0.326 e.